The van der Waals surface area contributed by atoms with E-state index < -0.39 is 0 Å². The highest BCUT2D eigenvalue weighted by Crippen LogP contribution is 2.05. The molecule has 0 aliphatic rings. The standard InChI is InChI=1S/C10H14S/c1-2-9-3-5-10(6-4-9)7-8-11/h3-6,11H,2,7-8H2,1H3. The number of hydrogen-bond donors (Lipinski definition) is 1. The van der Waals surface area contributed by atoms with Crippen molar-refractivity contribution < 1.29 is 0 Å². The van der Waals surface area contributed by atoms with E-state index in [9.17, 15) is 0 Å². The molecule has 0 amide bonds. The largest absolute Gasteiger partial charge is 0.179 e. The third kappa shape index (κ3) is 2.58. The van der Waals surface area contributed by atoms with Gasteiger partial charge in [-0.15, -0.1) is 0 Å². The summed E-state index contributed by atoms with van der Waals surface area (Å²) in [4.78, 5) is 0. The SMILES string of the molecule is CCc1ccc(CCS)cc1. The van der Waals surface area contributed by atoms with Gasteiger partial charge in [-0.3, -0.25) is 0 Å². The van der Waals surface area contributed by atoms with Crippen LogP contribution in [0.25, 0.3) is 0 Å². The molecule has 11 heavy (non-hydrogen) atoms. The molecular weight excluding hydrogens is 152 g/mol. The third-order valence-corrected chi connectivity index (χ3v) is 2.06. The monoisotopic (exact) mass is 166 g/mol. The molecule has 0 aliphatic heterocycles. The van der Waals surface area contributed by atoms with E-state index in [-0.39, 0.29) is 0 Å². The van der Waals surface area contributed by atoms with Crippen LogP contribution in [0, 0.1) is 0 Å². The van der Waals surface area contributed by atoms with E-state index in [0.717, 1.165) is 18.6 Å². The highest BCUT2D eigenvalue weighted by atomic mass is 32.1. The van der Waals surface area contributed by atoms with Gasteiger partial charge in [0.25, 0.3) is 0 Å². The Morgan fingerprint density at radius 2 is 1.64 bits per heavy atom. The van der Waals surface area contributed by atoms with Crippen molar-refractivity contribution in [2.45, 2.75) is 19.8 Å². The minimum absolute atomic E-state index is 0.936. The summed E-state index contributed by atoms with van der Waals surface area (Å²) in [6, 6.07) is 8.77. The molecule has 0 saturated carbocycles. The lowest BCUT2D eigenvalue weighted by molar-refractivity contribution is 1.11. The van der Waals surface area contributed by atoms with E-state index in [1.165, 1.54) is 11.1 Å². The van der Waals surface area contributed by atoms with Gasteiger partial charge in [0.2, 0.25) is 0 Å². The first-order chi connectivity index (χ1) is 5.36. The van der Waals surface area contributed by atoms with Crippen LogP contribution in [0.4, 0.5) is 0 Å². The third-order valence-electron chi connectivity index (χ3n) is 1.83. The van der Waals surface area contributed by atoms with Crippen LogP contribution >= 0.6 is 12.6 Å². The zero-order valence-corrected chi connectivity index (χ0v) is 7.77. The first kappa shape index (κ1) is 8.66. The van der Waals surface area contributed by atoms with E-state index in [1.807, 2.05) is 0 Å². The van der Waals surface area contributed by atoms with Gasteiger partial charge in [-0.2, -0.15) is 12.6 Å². The Morgan fingerprint density at radius 1 is 1.09 bits per heavy atom. The minimum Gasteiger partial charge on any atom is -0.179 e. The second-order valence-electron chi connectivity index (χ2n) is 2.64. The molecule has 0 radical (unpaired) electrons. The Labute approximate surface area is 74.0 Å². The first-order valence-electron chi connectivity index (χ1n) is 4.05. The molecule has 0 heterocycles. The second-order valence-corrected chi connectivity index (χ2v) is 3.09. The number of thiol groups is 1. The quantitative estimate of drug-likeness (QED) is 0.656. The Bertz CT molecular complexity index is 201. The van der Waals surface area contributed by atoms with Gasteiger partial charge in [0.1, 0.15) is 0 Å². The summed E-state index contributed by atoms with van der Waals surface area (Å²) in [6.07, 6.45) is 2.20. The van der Waals surface area contributed by atoms with Crippen LogP contribution in [0.1, 0.15) is 18.1 Å². The van der Waals surface area contributed by atoms with Crippen LogP contribution in [-0.4, -0.2) is 5.75 Å². The van der Waals surface area contributed by atoms with E-state index in [2.05, 4.69) is 43.8 Å². The molecule has 0 bridgehead atoms. The van der Waals surface area contributed by atoms with Crippen LogP contribution in [0.15, 0.2) is 24.3 Å². The first-order valence-corrected chi connectivity index (χ1v) is 4.68. The molecule has 0 aliphatic carbocycles. The van der Waals surface area contributed by atoms with E-state index in [1.54, 1.807) is 0 Å². The zero-order chi connectivity index (χ0) is 8.10. The van der Waals surface area contributed by atoms with Gasteiger partial charge >= 0.3 is 0 Å². The highest BCUT2D eigenvalue weighted by molar-refractivity contribution is 7.80. The molecule has 60 valence electrons. The van der Waals surface area contributed by atoms with Crippen molar-refractivity contribution >= 4 is 12.6 Å². The van der Waals surface area contributed by atoms with Crippen LogP contribution in [0.2, 0.25) is 0 Å². The van der Waals surface area contributed by atoms with Gasteiger partial charge in [0.15, 0.2) is 0 Å². The van der Waals surface area contributed by atoms with Gasteiger partial charge < -0.3 is 0 Å². The summed E-state index contributed by atoms with van der Waals surface area (Å²) in [5.41, 5.74) is 2.80. The molecule has 1 heteroatoms. The fourth-order valence-electron chi connectivity index (χ4n) is 1.07. The molecule has 0 unspecified atom stereocenters. The van der Waals surface area contributed by atoms with Crippen molar-refractivity contribution in [2.75, 3.05) is 5.75 Å². The topological polar surface area (TPSA) is 0 Å². The van der Waals surface area contributed by atoms with Gasteiger partial charge in [-0.05, 0) is 29.7 Å². The van der Waals surface area contributed by atoms with Crippen molar-refractivity contribution in [3.63, 3.8) is 0 Å². The number of aryl methyl sites for hydroxylation is 2. The fourth-order valence-corrected chi connectivity index (χ4v) is 1.33. The van der Waals surface area contributed by atoms with Crippen molar-refractivity contribution in [3.05, 3.63) is 35.4 Å². The van der Waals surface area contributed by atoms with Gasteiger partial charge in [0, 0.05) is 0 Å². The fraction of sp³-hybridized carbons (Fsp3) is 0.400. The normalized spacial score (nSPS) is 10.0. The van der Waals surface area contributed by atoms with Crippen LogP contribution in [0.5, 0.6) is 0 Å². The maximum Gasteiger partial charge on any atom is -0.00574 e. The molecule has 1 aromatic carbocycles. The average Bonchev–Trinajstić information content (AvgIpc) is 2.07. The maximum absolute atomic E-state index is 4.18. The lowest BCUT2D eigenvalue weighted by atomic mass is 10.1. The van der Waals surface area contributed by atoms with Gasteiger partial charge in [0.05, 0.1) is 0 Å². The molecule has 0 nitrogen and oxygen atoms in total. The van der Waals surface area contributed by atoms with Gasteiger partial charge in [-0.25, -0.2) is 0 Å². The summed E-state index contributed by atoms with van der Waals surface area (Å²) < 4.78 is 0. The van der Waals surface area contributed by atoms with E-state index in [0.29, 0.717) is 0 Å². The molecular formula is C10H14S. The maximum atomic E-state index is 4.18. The smallest absolute Gasteiger partial charge is 0.00574 e. The minimum atomic E-state index is 0.936. The summed E-state index contributed by atoms with van der Waals surface area (Å²) in [7, 11) is 0. The van der Waals surface area contributed by atoms with Crippen LogP contribution in [0.3, 0.4) is 0 Å². The lowest BCUT2D eigenvalue weighted by Crippen LogP contribution is -1.86. The number of hydrogen-bond acceptors (Lipinski definition) is 1. The average molecular weight is 166 g/mol. The van der Waals surface area contributed by atoms with Crippen molar-refractivity contribution in [1.82, 2.24) is 0 Å². The molecule has 0 fully saturated rings. The summed E-state index contributed by atoms with van der Waals surface area (Å²) in [5, 5.41) is 0. The summed E-state index contributed by atoms with van der Waals surface area (Å²) in [6.45, 7) is 2.17. The predicted octanol–water partition coefficient (Wildman–Crippen LogP) is 2.72. The Hall–Kier alpha value is -0.430. The lowest BCUT2D eigenvalue weighted by Gasteiger charge is -1.99. The summed E-state index contributed by atoms with van der Waals surface area (Å²) in [5.74, 6) is 0.936. The molecule has 0 spiro atoms. The highest BCUT2D eigenvalue weighted by Gasteiger charge is 1.90. The Balaban J connectivity index is 2.66. The molecule has 0 saturated heterocycles. The molecule has 0 aromatic heterocycles. The molecule has 1 rings (SSSR count). The molecule has 1 aromatic rings. The second kappa shape index (κ2) is 4.45. The zero-order valence-electron chi connectivity index (χ0n) is 6.88. The molecule has 0 atom stereocenters. The van der Waals surface area contributed by atoms with Crippen molar-refractivity contribution in [2.24, 2.45) is 0 Å². The van der Waals surface area contributed by atoms with E-state index >= 15 is 0 Å². The summed E-state index contributed by atoms with van der Waals surface area (Å²) >= 11 is 4.18. The Morgan fingerprint density at radius 3 is 2.09 bits per heavy atom. The van der Waals surface area contributed by atoms with Gasteiger partial charge in [-0.1, -0.05) is 31.2 Å². The van der Waals surface area contributed by atoms with Crippen molar-refractivity contribution in [3.8, 4) is 0 Å². The van der Waals surface area contributed by atoms with Crippen molar-refractivity contribution in [1.29, 1.82) is 0 Å². The Kier molecular flexibility index (Phi) is 3.50. The predicted molar refractivity (Wildman–Crippen MR) is 53.4 cm³/mol. The number of benzene rings is 1. The van der Waals surface area contributed by atoms with E-state index in [4.69, 9.17) is 0 Å². The molecule has 0 N–H and O–H groups in total. The number of rotatable bonds is 3. The van der Waals surface area contributed by atoms with Crippen LogP contribution in [-0.2, 0) is 12.8 Å². The van der Waals surface area contributed by atoms with Crippen LogP contribution < -0.4 is 0 Å².